The van der Waals surface area contributed by atoms with E-state index in [1.807, 2.05) is 13.8 Å². The molecule has 0 fully saturated rings. The molecule has 0 aliphatic rings. The summed E-state index contributed by atoms with van der Waals surface area (Å²) in [7, 11) is 0. The summed E-state index contributed by atoms with van der Waals surface area (Å²) in [6.07, 6.45) is -0.477. The van der Waals surface area contributed by atoms with Gasteiger partial charge in [0.05, 0.1) is 6.10 Å². The highest BCUT2D eigenvalue weighted by atomic mass is 16.4. The van der Waals surface area contributed by atoms with Crippen LogP contribution in [0.2, 0.25) is 0 Å². The molecule has 11 N–H and O–H groups in total. The lowest BCUT2D eigenvalue weighted by molar-refractivity contribution is -0.143. The molecule has 0 heterocycles. The summed E-state index contributed by atoms with van der Waals surface area (Å²) < 4.78 is 0. The lowest BCUT2D eigenvalue weighted by atomic mass is 10.0. The number of hydrogen-bond donors (Lipinski definition) is 8. The van der Waals surface area contributed by atoms with E-state index < -0.39 is 54.0 Å². The molecule has 0 spiro atoms. The number of hydrogen-bond acceptors (Lipinski definition) is 7. The molecule has 0 aromatic heterocycles. The van der Waals surface area contributed by atoms with Crippen LogP contribution in [0.1, 0.15) is 53.9 Å². The lowest BCUT2D eigenvalue weighted by Crippen LogP contribution is -2.59. The second kappa shape index (κ2) is 15.1. The van der Waals surface area contributed by atoms with Crippen LogP contribution < -0.4 is 33.2 Å². The smallest absolute Gasteiger partial charge is 0.326 e. The second-order valence-corrected chi connectivity index (χ2v) is 9.04. The average molecular weight is 488 g/mol. The van der Waals surface area contributed by atoms with Gasteiger partial charge in [-0.25, -0.2) is 4.79 Å². The van der Waals surface area contributed by atoms with E-state index in [1.54, 1.807) is 13.8 Å². The quantitative estimate of drug-likeness (QED) is 0.0722. The van der Waals surface area contributed by atoms with Crippen molar-refractivity contribution in [2.24, 2.45) is 34.0 Å². The largest absolute Gasteiger partial charge is 0.480 e. The summed E-state index contributed by atoms with van der Waals surface area (Å²) in [5, 5.41) is 26.5. The molecule has 13 heteroatoms. The molecule has 196 valence electrons. The number of rotatable bonds is 15. The van der Waals surface area contributed by atoms with Gasteiger partial charge in [-0.15, -0.1) is 0 Å². The molecule has 0 rings (SSSR count). The molecule has 5 unspecified atom stereocenters. The summed E-state index contributed by atoms with van der Waals surface area (Å²) in [5.41, 5.74) is 16.3. The van der Waals surface area contributed by atoms with Gasteiger partial charge in [0, 0.05) is 6.54 Å². The van der Waals surface area contributed by atoms with Gasteiger partial charge in [-0.3, -0.25) is 19.4 Å². The van der Waals surface area contributed by atoms with Crippen LogP contribution in [-0.2, 0) is 19.2 Å². The first-order valence-corrected chi connectivity index (χ1v) is 11.3. The highest BCUT2D eigenvalue weighted by Crippen LogP contribution is 2.09. The molecular weight excluding hydrogens is 446 g/mol. The zero-order valence-electron chi connectivity index (χ0n) is 20.6. The Hall–Kier alpha value is -2.93. The molecule has 0 aliphatic heterocycles. The fourth-order valence-electron chi connectivity index (χ4n) is 3.00. The number of amides is 3. The first-order chi connectivity index (χ1) is 15.7. The molecule has 0 aromatic rings. The number of aliphatic carboxylic acids is 1. The number of aliphatic imine (C=N–C) groups is 1. The Morgan fingerprint density at radius 3 is 1.88 bits per heavy atom. The maximum absolute atomic E-state index is 13.0. The number of carboxylic acids is 1. The Morgan fingerprint density at radius 2 is 1.44 bits per heavy atom. The Bertz CT molecular complexity index is 722. The summed E-state index contributed by atoms with van der Waals surface area (Å²) >= 11 is 0. The summed E-state index contributed by atoms with van der Waals surface area (Å²) in [5.74, 6) is -3.73. The molecule has 0 saturated heterocycles. The number of nitrogens with zero attached hydrogens (tertiary/aromatic N) is 1. The molecule has 13 nitrogen and oxygen atoms in total. The van der Waals surface area contributed by atoms with Crippen molar-refractivity contribution in [3.8, 4) is 0 Å². The van der Waals surface area contributed by atoms with Crippen molar-refractivity contribution in [2.75, 3.05) is 6.54 Å². The number of carbonyl (C=O) groups is 4. The molecule has 34 heavy (non-hydrogen) atoms. The molecule has 0 aliphatic carbocycles. The summed E-state index contributed by atoms with van der Waals surface area (Å²) in [6.45, 7) is 8.57. The van der Waals surface area contributed by atoms with Crippen molar-refractivity contribution in [3.63, 3.8) is 0 Å². The van der Waals surface area contributed by atoms with E-state index in [-0.39, 0.29) is 37.2 Å². The standard InChI is InChI=1S/C21H41N7O6/c1-10(2)9-14(20(33)34)27-17(30)13(7-6-8-25-21(23)24)26-19(32)16(11(3)4)28-18(31)15(22)12(5)29/h10-16,29H,6-9,22H2,1-5H3,(H,26,32)(H,27,30)(H,28,31)(H,33,34)(H4,23,24,25). The average Bonchev–Trinajstić information content (AvgIpc) is 2.71. The number of nitrogens with two attached hydrogens (primary N) is 3. The Balaban J connectivity index is 5.58. The van der Waals surface area contributed by atoms with Gasteiger partial charge in [0.15, 0.2) is 5.96 Å². The first-order valence-electron chi connectivity index (χ1n) is 11.3. The minimum Gasteiger partial charge on any atom is -0.480 e. The molecule has 0 aromatic carbocycles. The predicted molar refractivity (Wildman–Crippen MR) is 127 cm³/mol. The van der Waals surface area contributed by atoms with Gasteiger partial charge in [0.25, 0.3) is 0 Å². The van der Waals surface area contributed by atoms with Gasteiger partial charge in [-0.2, -0.15) is 0 Å². The zero-order chi connectivity index (χ0) is 26.6. The van der Waals surface area contributed by atoms with Gasteiger partial charge in [0.1, 0.15) is 24.2 Å². The van der Waals surface area contributed by atoms with Gasteiger partial charge in [0.2, 0.25) is 17.7 Å². The molecule has 0 radical (unpaired) electrons. The summed E-state index contributed by atoms with van der Waals surface area (Å²) in [4.78, 5) is 53.5. The highest BCUT2D eigenvalue weighted by Gasteiger charge is 2.32. The molecule has 3 amide bonds. The van der Waals surface area contributed by atoms with Gasteiger partial charge >= 0.3 is 5.97 Å². The normalized spacial score (nSPS) is 15.6. The number of nitrogens with one attached hydrogen (secondary N) is 3. The van der Waals surface area contributed by atoms with Crippen LogP contribution in [0.25, 0.3) is 0 Å². The SMILES string of the molecule is CC(C)CC(NC(=O)C(CCCN=C(N)N)NC(=O)C(NC(=O)C(N)C(C)O)C(C)C)C(=O)O. The minimum absolute atomic E-state index is 0.00923. The zero-order valence-corrected chi connectivity index (χ0v) is 20.6. The summed E-state index contributed by atoms with van der Waals surface area (Å²) in [6, 6.07) is -4.51. The number of aliphatic hydroxyl groups excluding tert-OH is 1. The van der Waals surface area contributed by atoms with Crippen molar-refractivity contribution in [1.82, 2.24) is 16.0 Å². The maximum Gasteiger partial charge on any atom is 0.326 e. The second-order valence-electron chi connectivity index (χ2n) is 9.04. The van der Waals surface area contributed by atoms with Crippen LogP contribution >= 0.6 is 0 Å². The van der Waals surface area contributed by atoms with Crippen molar-refractivity contribution < 1.29 is 29.4 Å². The van der Waals surface area contributed by atoms with Crippen LogP contribution in [0.5, 0.6) is 0 Å². The fourth-order valence-corrected chi connectivity index (χ4v) is 3.00. The van der Waals surface area contributed by atoms with E-state index in [0.29, 0.717) is 6.42 Å². The van der Waals surface area contributed by atoms with Gasteiger partial charge in [-0.05, 0) is 38.0 Å². The number of guanidine groups is 1. The third kappa shape index (κ3) is 11.8. The molecule has 5 atom stereocenters. The van der Waals surface area contributed by atoms with Crippen LogP contribution in [0, 0.1) is 11.8 Å². The van der Waals surface area contributed by atoms with E-state index in [9.17, 15) is 29.4 Å². The lowest BCUT2D eigenvalue weighted by Gasteiger charge is -2.27. The van der Waals surface area contributed by atoms with Crippen molar-refractivity contribution in [2.45, 2.75) is 84.2 Å². The maximum atomic E-state index is 13.0. The van der Waals surface area contributed by atoms with Gasteiger partial charge in [-0.1, -0.05) is 27.7 Å². The minimum atomic E-state index is -1.24. The van der Waals surface area contributed by atoms with Crippen molar-refractivity contribution in [1.29, 1.82) is 0 Å². The highest BCUT2D eigenvalue weighted by molar-refractivity contribution is 5.94. The number of carbonyl (C=O) groups excluding carboxylic acids is 3. The molecule has 0 saturated carbocycles. The van der Waals surface area contributed by atoms with E-state index in [2.05, 4.69) is 20.9 Å². The van der Waals surface area contributed by atoms with Crippen molar-refractivity contribution >= 4 is 29.7 Å². The van der Waals surface area contributed by atoms with E-state index in [0.717, 1.165) is 0 Å². The topological polar surface area (TPSA) is 235 Å². The van der Waals surface area contributed by atoms with Crippen LogP contribution in [0.15, 0.2) is 4.99 Å². The third-order valence-electron chi connectivity index (χ3n) is 4.97. The Morgan fingerprint density at radius 1 is 0.882 bits per heavy atom. The number of carboxylic acid groups (broad SMARTS) is 1. The molecular formula is C21H41N7O6. The third-order valence-corrected chi connectivity index (χ3v) is 4.97. The van der Waals surface area contributed by atoms with Crippen LogP contribution in [0.4, 0.5) is 0 Å². The Kier molecular flexibility index (Phi) is 13.8. The first kappa shape index (κ1) is 31.1. The fraction of sp³-hybridized carbons (Fsp3) is 0.762. The van der Waals surface area contributed by atoms with Crippen molar-refractivity contribution in [3.05, 3.63) is 0 Å². The predicted octanol–water partition coefficient (Wildman–Crippen LogP) is -2.01. The Labute approximate surface area is 200 Å². The van der Waals surface area contributed by atoms with E-state index >= 15 is 0 Å². The van der Waals surface area contributed by atoms with E-state index in [4.69, 9.17) is 17.2 Å². The number of aliphatic hydroxyl groups is 1. The molecule has 0 bridgehead atoms. The van der Waals surface area contributed by atoms with Crippen LogP contribution in [-0.4, -0.2) is 76.7 Å². The van der Waals surface area contributed by atoms with Crippen LogP contribution in [0.3, 0.4) is 0 Å². The van der Waals surface area contributed by atoms with Gasteiger partial charge < -0.3 is 43.4 Å². The van der Waals surface area contributed by atoms with E-state index in [1.165, 1.54) is 6.92 Å². The monoisotopic (exact) mass is 487 g/mol.